The van der Waals surface area contributed by atoms with Crippen molar-refractivity contribution in [3.05, 3.63) is 0 Å². The van der Waals surface area contributed by atoms with E-state index in [1.807, 2.05) is 13.8 Å². The summed E-state index contributed by atoms with van der Waals surface area (Å²) < 4.78 is 0. The molecular weight excluding hydrogens is 839 g/mol. The van der Waals surface area contributed by atoms with Crippen molar-refractivity contribution in [1.29, 1.82) is 0 Å². The minimum Gasteiger partial charge on any atom is -0.356 e. The fraction of sp³-hybridized carbons (Fsp3) is 0.843. The van der Waals surface area contributed by atoms with Gasteiger partial charge in [0.15, 0.2) is 11.6 Å². The third kappa shape index (κ3) is 32.7. The molecule has 15 nitrogen and oxygen atoms in total. The summed E-state index contributed by atoms with van der Waals surface area (Å²) in [7, 11) is 5.96. The number of likely N-dealkylation sites (N-methyl/N-ethyl adjacent to an activating group) is 4. The van der Waals surface area contributed by atoms with Gasteiger partial charge in [0.25, 0.3) is 0 Å². The molecule has 0 saturated carbocycles. The minimum atomic E-state index is -0.728. The first-order chi connectivity index (χ1) is 31.3. The Bertz CT molecular complexity index is 1420. The van der Waals surface area contributed by atoms with Crippen molar-refractivity contribution < 1.29 is 38.4 Å². The van der Waals surface area contributed by atoms with Gasteiger partial charge >= 0.3 is 0 Å². The van der Waals surface area contributed by atoms with Crippen molar-refractivity contribution in [3.8, 4) is 0 Å². The number of hydrogen-bond acceptors (Lipinski definition) is 9. The summed E-state index contributed by atoms with van der Waals surface area (Å²) in [5, 5.41) is 9.03. The largest absolute Gasteiger partial charge is 0.356 e. The van der Waals surface area contributed by atoms with Crippen LogP contribution in [0.5, 0.6) is 0 Å². The molecule has 0 aliphatic rings. The lowest BCUT2D eigenvalue weighted by molar-refractivity contribution is -0.143. The molecule has 0 rings (SSSR count). The van der Waals surface area contributed by atoms with Crippen molar-refractivity contribution in [3.63, 3.8) is 0 Å². The van der Waals surface area contributed by atoms with Crippen molar-refractivity contribution in [2.45, 2.75) is 189 Å². The molecule has 6 amide bonds. The molecule has 0 aromatic rings. The third-order valence-corrected chi connectivity index (χ3v) is 12.0. The van der Waals surface area contributed by atoms with E-state index >= 15 is 0 Å². The molecule has 0 saturated heterocycles. The molecule has 0 aromatic heterocycles. The molecule has 0 bridgehead atoms. The van der Waals surface area contributed by atoms with Gasteiger partial charge in [0, 0.05) is 84.8 Å². The molecule has 0 radical (unpaired) electrons. The van der Waals surface area contributed by atoms with Crippen LogP contribution in [0.4, 0.5) is 0 Å². The number of amides is 6. The molecule has 66 heavy (non-hydrogen) atoms. The second kappa shape index (κ2) is 38.1. The van der Waals surface area contributed by atoms with Gasteiger partial charge < -0.3 is 35.6 Å². The third-order valence-electron chi connectivity index (χ3n) is 12.0. The lowest BCUT2D eigenvalue weighted by Crippen LogP contribution is -2.44. The molecule has 15 heteroatoms. The fourth-order valence-corrected chi connectivity index (χ4v) is 7.68. The highest BCUT2D eigenvalue weighted by Crippen LogP contribution is 2.18. The van der Waals surface area contributed by atoms with E-state index in [2.05, 4.69) is 36.7 Å². The maximum absolute atomic E-state index is 13.7. The average Bonchev–Trinajstić information content (AvgIpc) is 3.25. The van der Waals surface area contributed by atoms with Crippen LogP contribution in [0, 0.1) is 17.8 Å². The first-order valence-electron chi connectivity index (χ1n) is 25.6. The van der Waals surface area contributed by atoms with Crippen LogP contribution in [0.1, 0.15) is 183 Å². The van der Waals surface area contributed by atoms with Crippen molar-refractivity contribution in [1.82, 2.24) is 35.6 Å². The second-order valence-electron chi connectivity index (χ2n) is 19.6. The Labute approximate surface area is 400 Å². The Hall–Kier alpha value is -3.88. The fourth-order valence-electron chi connectivity index (χ4n) is 7.68. The highest BCUT2D eigenvalue weighted by molar-refractivity contribution is 5.93. The molecule has 0 heterocycles. The van der Waals surface area contributed by atoms with Gasteiger partial charge in [-0.1, -0.05) is 125 Å². The summed E-state index contributed by atoms with van der Waals surface area (Å²) in [6.45, 7) is 12.7. The second-order valence-corrected chi connectivity index (χ2v) is 19.6. The van der Waals surface area contributed by atoms with Crippen LogP contribution in [0.15, 0.2) is 0 Å². The Morgan fingerprint density at radius 1 is 0.455 bits per heavy atom. The van der Waals surface area contributed by atoms with E-state index in [0.29, 0.717) is 37.8 Å². The van der Waals surface area contributed by atoms with Crippen LogP contribution in [-0.4, -0.2) is 147 Å². The van der Waals surface area contributed by atoms with Crippen LogP contribution >= 0.6 is 0 Å². The Morgan fingerprint density at radius 2 is 0.955 bits per heavy atom. The molecule has 2 atom stereocenters. The van der Waals surface area contributed by atoms with Crippen molar-refractivity contribution in [2.75, 3.05) is 74.0 Å². The van der Waals surface area contributed by atoms with E-state index in [1.54, 1.807) is 6.92 Å². The number of nitrogens with zero attached hydrogens (tertiary/aromatic N) is 4. The topological polar surface area (TPSA) is 186 Å². The van der Waals surface area contributed by atoms with Crippen LogP contribution in [-0.2, 0) is 38.4 Å². The van der Waals surface area contributed by atoms with E-state index in [1.165, 1.54) is 112 Å². The lowest BCUT2D eigenvalue weighted by Gasteiger charge is -2.26. The van der Waals surface area contributed by atoms with Gasteiger partial charge in [-0.3, -0.25) is 38.4 Å². The highest BCUT2D eigenvalue weighted by atomic mass is 16.2. The minimum absolute atomic E-state index is 0.0128. The number of hydrogen-bond donors (Lipinski definition) is 3. The average molecular weight is 934 g/mol. The van der Waals surface area contributed by atoms with E-state index < -0.39 is 23.7 Å². The van der Waals surface area contributed by atoms with Crippen LogP contribution in [0.25, 0.3) is 0 Å². The quantitative estimate of drug-likeness (QED) is 0.0562. The standard InChI is InChI=1S/C51H95N7O8/c1-11-12-13-14-15-16-17-18-19-20-21-22-23-29-46(61)53-33-30-47(62)57(9)38-48(63)56(8)37-45(60)35-43(28-24-25-31-52-41(4)5)51(66)58(10)39-49(64)55(7)36-44(59)34-42(6)50(65)54-32-26-27-40(2)3/h40-43,52H,11-39H2,1-10H3,(H,53,61)(H,54,65)/t42-,43-/m1/s1. The number of carbonyl (C=O) groups is 8. The van der Waals surface area contributed by atoms with Crippen molar-refractivity contribution in [2.24, 2.45) is 17.8 Å². The van der Waals surface area contributed by atoms with E-state index in [9.17, 15) is 38.4 Å². The van der Waals surface area contributed by atoms with Gasteiger partial charge in [0.05, 0.1) is 26.2 Å². The molecule has 0 aromatic carbocycles. The predicted octanol–water partition coefficient (Wildman–Crippen LogP) is 6.70. The molecule has 0 aliphatic carbocycles. The van der Waals surface area contributed by atoms with Crippen LogP contribution in [0.2, 0.25) is 0 Å². The number of nitrogens with one attached hydrogen (secondary N) is 3. The van der Waals surface area contributed by atoms with Gasteiger partial charge in [-0.05, 0) is 44.6 Å². The van der Waals surface area contributed by atoms with Crippen molar-refractivity contribution >= 4 is 47.0 Å². The van der Waals surface area contributed by atoms with Gasteiger partial charge in [0.2, 0.25) is 35.4 Å². The molecule has 0 unspecified atom stereocenters. The van der Waals surface area contributed by atoms with Gasteiger partial charge in [0.1, 0.15) is 0 Å². The number of ketones is 2. The zero-order chi connectivity index (χ0) is 49.9. The highest BCUT2D eigenvalue weighted by Gasteiger charge is 2.28. The van der Waals surface area contributed by atoms with Gasteiger partial charge in [-0.2, -0.15) is 0 Å². The first kappa shape index (κ1) is 62.1. The summed E-state index contributed by atoms with van der Waals surface area (Å²) in [6, 6.07) is 0.303. The molecule has 0 aliphatic heterocycles. The summed E-state index contributed by atoms with van der Waals surface area (Å²) in [5.41, 5.74) is 0. The van der Waals surface area contributed by atoms with E-state index in [4.69, 9.17) is 0 Å². The Balaban J connectivity index is 4.89. The molecule has 0 fully saturated rings. The predicted molar refractivity (Wildman–Crippen MR) is 264 cm³/mol. The zero-order valence-electron chi connectivity index (χ0n) is 43.4. The maximum atomic E-state index is 13.7. The Kier molecular flexibility index (Phi) is 35.9. The SMILES string of the molecule is CCCCCCCCCCCCCCCC(=O)NCCC(=O)N(C)CC(=O)N(C)CC(=O)C[C@@H](CCCCNC(C)C)C(=O)N(C)CC(=O)N(C)CC(=O)C[C@@H](C)C(=O)NCCCC(C)C. The molecular formula is C51H95N7O8. The summed E-state index contributed by atoms with van der Waals surface area (Å²) in [5.74, 6) is -3.18. The molecule has 0 spiro atoms. The van der Waals surface area contributed by atoms with Crippen LogP contribution < -0.4 is 16.0 Å². The lowest BCUT2D eigenvalue weighted by atomic mass is 9.94. The van der Waals surface area contributed by atoms with Gasteiger partial charge in [-0.25, -0.2) is 0 Å². The normalized spacial score (nSPS) is 12.1. The maximum Gasteiger partial charge on any atom is 0.242 e. The molecule has 382 valence electrons. The van der Waals surface area contributed by atoms with Crippen LogP contribution in [0.3, 0.4) is 0 Å². The number of Topliss-reactive ketones (excluding diaryl/α,β-unsaturated/α-hetero) is 2. The number of carbonyl (C=O) groups excluding carboxylic acids is 8. The first-order valence-corrected chi connectivity index (χ1v) is 25.6. The summed E-state index contributed by atoms with van der Waals surface area (Å²) in [4.78, 5) is 109. The smallest absolute Gasteiger partial charge is 0.242 e. The van der Waals surface area contributed by atoms with Gasteiger partial charge in [-0.15, -0.1) is 0 Å². The number of unbranched alkanes of at least 4 members (excludes halogenated alkanes) is 13. The number of rotatable bonds is 41. The summed E-state index contributed by atoms with van der Waals surface area (Å²) in [6.07, 6.45) is 20.1. The molecule has 3 N–H and O–H groups in total. The zero-order valence-corrected chi connectivity index (χ0v) is 43.4. The monoisotopic (exact) mass is 934 g/mol. The van der Waals surface area contributed by atoms with E-state index in [-0.39, 0.29) is 87.2 Å². The Morgan fingerprint density at radius 3 is 1.48 bits per heavy atom. The van der Waals surface area contributed by atoms with E-state index in [0.717, 1.165) is 45.1 Å². The summed E-state index contributed by atoms with van der Waals surface area (Å²) >= 11 is 0.